The first-order chi connectivity index (χ1) is 14.9. The molecule has 1 fully saturated rings. The number of rotatable bonds is 8. The van der Waals surface area contributed by atoms with E-state index in [2.05, 4.69) is 15.5 Å². The summed E-state index contributed by atoms with van der Waals surface area (Å²) in [6, 6.07) is 10.9. The molecule has 2 amide bonds. The second kappa shape index (κ2) is 11.0. The molecule has 3 rings (SSSR count). The highest BCUT2D eigenvalue weighted by Gasteiger charge is 2.21. The largest absolute Gasteiger partial charge is 0.374 e. The van der Waals surface area contributed by atoms with Crippen LogP contribution in [0.25, 0.3) is 0 Å². The highest BCUT2D eigenvalue weighted by Crippen LogP contribution is 2.14. The number of ether oxygens (including phenoxy) is 1. The van der Waals surface area contributed by atoms with E-state index in [1.165, 1.54) is 6.07 Å². The van der Waals surface area contributed by atoms with Crippen LogP contribution in [0.4, 0.5) is 8.78 Å². The molecule has 6 nitrogen and oxygen atoms in total. The van der Waals surface area contributed by atoms with Crippen LogP contribution in [0.2, 0.25) is 0 Å². The Hall–Kier alpha value is -2.84. The average Bonchev–Trinajstić information content (AvgIpc) is 2.75. The summed E-state index contributed by atoms with van der Waals surface area (Å²) < 4.78 is 32.2. The van der Waals surface area contributed by atoms with Gasteiger partial charge in [0.25, 0.3) is 5.91 Å². The molecule has 2 N–H and O–H groups in total. The fourth-order valence-corrected chi connectivity index (χ4v) is 3.50. The van der Waals surface area contributed by atoms with Crippen LogP contribution < -0.4 is 10.6 Å². The highest BCUT2D eigenvalue weighted by atomic mass is 19.2. The summed E-state index contributed by atoms with van der Waals surface area (Å²) in [5.41, 5.74) is 1.97. The van der Waals surface area contributed by atoms with Crippen molar-refractivity contribution in [3.8, 4) is 0 Å². The van der Waals surface area contributed by atoms with E-state index in [9.17, 15) is 18.4 Å². The maximum absolute atomic E-state index is 13.4. The van der Waals surface area contributed by atoms with Gasteiger partial charge in [-0.2, -0.15) is 0 Å². The molecular formula is C23H27F2N3O3. The van der Waals surface area contributed by atoms with Gasteiger partial charge in [0, 0.05) is 38.3 Å². The van der Waals surface area contributed by atoms with E-state index in [4.69, 9.17) is 4.74 Å². The zero-order valence-electron chi connectivity index (χ0n) is 17.5. The second-order valence-corrected chi connectivity index (χ2v) is 7.52. The van der Waals surface area contributed by atoms with Crippen LogP contribution in [0.3, 0.4) is 0 Å². The van der Waals surface area contributed by atoms with Gasteiger partial charge in [-0.3, -0.25) is 14.5 Å². The Kier molecular flexibility index (Phi) is 8.08. The van der Waals surface area contributed by atoms with Crippen LogP contribution in [0.1, 0.15) is 28.4 Å². The number of amides is 2. The van der Waals surface area contributed by atoms with Gasteiger partial charge in [-0.25, -0.2) is 8.78 Å². The van der Waals surface area contributed by atoms with Crippen LogP contribution in [0.15, 0.2) is 42.5 Å². The first-order valence-electron chi connectivity index (χ1n) is 10.4. The van der Waals surface area contributed by atoms with Gasteiger partial charge >= 0.3 is 0 Å². The molecule has 1 aliphatic rings. The first kappa shape index (κ1) is 22.8. The van der Waals surface area contributed by atoms with E-state index in [1.807, 2.05) is 13.0 Å². The normalized spacial score (nSPS) is 16.7. The molecule has 0 spiro atoms. The summed E-state index contributed by atoms with van der Waals surface area (Å²) in [5.74, 6) is -2.04. The number of hydrogen-bond donors (Lipinski definition) is 2. The maximum Gasteiger partial charge on any atom is 0.251 e. The molecule has 1 heterocycles. The third-order valence-electron chi connectivity index (χ3n) is 5.03. The zero-order valence-corrected chi connectivity index (χ0v) is 17.5. The van der Waals surface area contributed by atoms with Crippen molar-refractivity contribution >= 4 is 11.8 Å². The third-order valence-corrected chi connectivity index (χ3v) is 5.03. The van der Waals surface area contributed by atoms with Crippen molar-refractivity contribution < 1.29 is 23.1 Å². The van der Waals surface area contributed by atoms with Gasteiger partial charge in [0.2, 0.25) is 5.91 Å². The number of nitrogens with zero attached hydrogens (tertiary/aromatic N) is 1. The van der Waals surface area contributed by atoms with E-state index in [1.54, 1.807) is 24.3 Å². The van der Waals surface area contributed by atoms with Crippen LogP contribution in [0.5, 0.6) is 0 Å². The number of morpholine rings is 1. The monoisotopic (exact) mass is 431 g/mol. The van der Waals surface area contributed by atoms with Gasteiger partial charge in [0.1, 0.15) is 0 Å². The number of nitrogens with one attached hydrogen (secondary N) is 2. The van der Waals surface area contributed by atoms with Crippen molar-refractivity contribution in [2.45, 2.75) is 26.0 Å². The Morgan fingerprint density at radius 3 is 2.71 bits per heavy atom. The lowest BCUT2D eigenvalue weighted by molar-refractivity contribution is -0.121. The Morgan fingerprint density at radius 1 is 1.10 bits per heavy atom. The Balaban J connectivity index is 1.47. The molecule has 1 saturated heterocycles. The standard InChI is InChI=1S/C23H27F2N3O3/c1-2-26-23(30)18-5-3-4-16(10-18)12-22(29)27-13-19-15-28(8-9-31-19)14-17-6-7-20(24)21(25)11-17/h3-7,10-11,19H,2,8-9,12-15H2,1H3,(H,26,30)(H,27,29)/t19-/m0/s1. The lowest BCUT2D eigenvalue weighted by atomic mass is 10.1. The summed E-state index contributed by atoms with van der Waals surface area (Å²) in [6.07, 6.45) is -0.0249. The molecule has 0 unspecified atom stereocenters. The molecule has 0 aromatic heterocycles. The molecule has 1 aliphatic heterocycles. The molecule has 0 bridgehead atoms. The quantitative estimate of drug-likeness (QED) is 0.673. The molecule has 0 aliphatic carbocycles. The Morgan fingerprint density at radius 2 is 1.94 bits per heavy atom. The molecule has 2 aromatic rings. The van der Waals surface area contributed by atoms with Crippen molar-refractivity contribution in [3.63, 3.8) is 0 Å². The maximum atomic E-state index is 13.4. The number of benzene rings is 2. The van der Waals surface area contributed by atoms with Gasteiger partial charge < -0.3 is 15.4 Å². The van der Waals surface area contributed by atoms with Gasteiger partial charge in [0.15, 0.2) is 11.6 Å². The number of halogens is 2. The molecule has 2 aromatic carbocycles. The highest BCUT2D eigenvalue weighted by molar-refractivity contribution is 5.94. The van der Waals surface area contributed by atoms with E-state index >= 15 is 0 Å². The lowest BCUT2D eigenvalue weighted by Gasteiger charge is -2.33. The number of carbonyl (C=O) groups is 2. The van der Waals surface area contributed by atoms with E-state index in [-0.39, 0.29) is 24.3 Å². The van der Waals surface area contributed by atoms with Crippen LogP contribution in [0, 0.1) is 11.6 Å². The average molecular weight is 431 g/mol. The van der Waals surface area contributed by atoms with Crippen molar-refractivity contribution in [2.75, 3.05) is 32.8 Å². The molecule has 0 saturated carbocycles. The van der Waals surface area contributed by atoms with Gasteiger partial charge in [-0.15, -0.1) is 0 Å². The molecule has 1 atom stereocenters. The number of hydrogen-bond acceptors (Lipinski definition) is 4. The van der Waals surface area contributed by atoms with E-state index < -0.39 is 11.6 Å². The topological polar surface area (TPSA) is 70.7 Å². The fraction of sp³-hybridized carbons (Fsp3) is 0.391. The molecular weight excluding hydrogens is 404 g/mol. The predicted octanol–water partition coefficient (Wildman–Crippen LogP) is 2.27. The fourth-order valence-electron chi connectivity index (χ4n) is 3.50. The van der Waals surface area contributed by atoms with Crippen molar-refractivity contribution in [2.24, 2.45) is 0 Å². The second-order valence-electron chi connectivity index (χ2n) is 7.52. The van der Waals surface area contributed by atoms with Crippen LogP contribution in [-0.2, 0) is 22.5 Å². The third kappa shape index (κ3) is 6.83. The summed E-state index contributed by atoms with van der Waals surface area (Å²) >= 11 is 0. The molecule has 166 valence electrons. The first-order valence-corrected chi connectivity index (χ1v) is 10.4. The van der Waals surface area contributed by atoms with Crippen LogP contribution >= 0.6 is 0 Å². The summed E-state index contributed by atoms with van der Waals surface area (Å²) in [4.78, 5) is 26.4. The van der Waals surface area contributed by atoms with Crippen molar-refractivity contribution in [3.05, 3.63) is 70.8 Å². The zero-order chi connectivity index (χ0) is 22.2. The summed E-state index contributed by atoms with van der Waals surface area (Å²) in [7, 11) is 0. The lowest BCUT2D eigenvalue weighted by Crippen LogP contribution is -2.47. The minimum absolute atomic E-state index is 0.158. The van der Waals surface area contributed by atoms with Gasteiger partial charge in [-0.05, 0) is 42.3 Å². The van der Waals surface area contributed by atoms with E-state index in [0.717, 1.165) is 11.6 Å². The van der Waals surface area contributed by atoms with Crippen molar-refractivity contribution in [1.29, 1.82) is 0 Å². The molecule has 31 heavy (non-hydrogen) atoms. The van der Waals surface area contributed by atoms with E-state index in [0.29, 0.717) is 50.5 Å². The molecule has 8 heteroatoms. The van der Waals surface area contributed by atoms with Gasteiger partial charge in [-0.1, -0.05) is 18.2 Å². The van der Waals surface area contributed by atoms with Crippen molar-refractivity contribution in [1.82, 2.24) is 15.5 Å². The molecule has 0 radical (unpaired) electrons. The van der Waals surface area contributed by atoms with Gasteiger partial charge in [0.05, 0.1) is 19.1 Å². The Labute approximate surface area is 180 Å². The minimum Gasteiger partial charge on any atom is -0.374 e. The number of carbonyl (C=O) groups excluding carboxylic acids is 2. The summed E-state index contributed by atoms with van der Waals surface area (Å²) in [6.45, 7) is 4.97. The Bertz CT molecular complexity index is 923. The summed E-state index contributed by atoms with van der Waals surface area (Å²) in [5, 5.41) is 5.61. The minimum atomic E-state index is -0.858. The SMILES string of the molecule is CCNC(=O)c1cccc(CC(=O)NC[C@H]2CN(Cc3ccc(F)c(F)c3)CCO2)c1. The van der Waals surface area contributed by atoms with Crippen LogP contribution in [-0.4, -0.2) is 55.6 Å². The smallest absolute Gasteiger partial charge is 0.251 e. The predicted molar refractivity (Wildman–Crippen MR) is 113 cm³/mol.